The largest absolute Gasteiger partial charge is 0.339 e. The maximum Gasteiger partial charge on any atom is 0.200 e. The van der Waals surface area contributed by atoms with Crippen molar-refractivity contribution >= 4 is 17.2 Å². The number of nitrogens with zero attached hydrogens (tertiary/aromatic N) is 5. The highest BCUT2D eigenvalue weighted by molar-refractivity contribution is 5.57. The van der Waals surface area contributed by atoms with Crippen LogP contribution in [0.4, 0.5) is 11.5 Å². The molecule has 3 aromatic rings. The number of hydrogen-bond donors (Lipinski definition) is 1. The number of tetrazole rings is 1. The SMILES string of the molecule is CC(C)c1ccc(Nc2ccc3nnnn3n2)cc1. The van der Waals surface area contributed by atoms with Crippen LogP contribution in [0.5, 0.6) is 0 Å². The molecule has 2 aromatic heterocycles. The molecule has 19 heavy (non-hydrogen) atoms. The van der Waals surface area contributed by atoms with Gasteiger partial charge in [0.2, 0.25) is 0 Å². The summed E-state index contributed by atoms with van der Waals surface area (Å²) in [6.45, 7) is 4.35. The van der Waals surface area contributed by atoms with Crippen molar-refractivity contribution in [3.8, 4) is 0 Å². The van der Waals surface area contributed by atoms with E-state index in [2.05, 4.69) is 51.9 Å². The lowest BCUT2D eigenvalue weighted by molar-refractivity contribution is 0.736. The third-order valence-electron chi connectivity index (χ3n) is 2.92. The zero-order valence-electron chi connectivity index (χ0n) is 10.8. The molecule has 0 saturated heterocycles. The van der Waals surface area contributed by atoms with E-state index < -0.39 is 0 Å². The van der Waals surface area contributed by atoms with Crippen molar-refractivity contribution in [2.75, 3.05) is 5.32 Å². The van der Waals surface area contributed by atoms with Gasteiger partial charge in [0.05, 0.1) is 0 Å². The zero-order chi connectivity index (χ0) is 13.2. The Kier molecular flexibility index (Phi) is 2.83. The maximum absolute atomic E-state index is 4.26. The van der Waals surface area contributed by atoms with E-state index in [-0.39, 0.29) is 0 Å². The van der Waals surface area contributed by atoms with Gasteiger partial charge in [0.15, 0.2) is 11.5 Å². The van der Waals surface area contributed by atoms with E-state index in [9.17, 15) is 0 Å². The van der Waals surface area contributed by atoms with Gasteiger partial charge in [-0.3, -0.25) is 0 Å². The molecule has 0 fully saturated rings. The maximum atomic E-state index is 4.26. The lowest BCUT2D eigenvalue weighted by atomic mass is 10.0. The molecular weight excluding hydrogens is 240 g/mol. The Morgan fingerprint density at radius 1 is 1.05 bits per heavy atom. The van der Waals surface area contributed by atoms with Gasteiger partial charge in [-0.25, -0.2) is 0 Å². The van der Waals surface area contributed by atoms with E-state index in [1.54, 1.807) is 0 Å². The summed E-state index contributed by atoms with van der Waals surface area (Å²) in [4.78, 5) is 0. The average Bonchev–Trinajstić information content (AvgIpc) is 2.87. The predicted molar refractivity (Wildman–Crippen MR) is 72.4 cm³/mol. The molecule has 0 unspecified atom stereocenters. The minimum Gasteiger partial charge on any atom is -0.339 e. The molecule has 96 valence electrons. The quantitative estimate of drug-likeness (QED) is 0.777. The molecule has 0 radical (unpaired) electrons. The number of fused-ring (bicyclic) bond motifs is 1. The first-order valence-corrected chi connectivity index (χ1v) is 6.15. The van der Waals surface area contributed by atoms with Crippen LogP contribution in [0.1, 0.15) is 25.3 Å². The third kappa shape index (κ3) is 2.37. The van der Waals surface area contributed by atoms with Crippen LogP contribution in [0.15, 0.2) is 36.4 Å². The Morgan fingerprint density at radius 3 is 2.58 bits per heavy atom. The summed E-state index contributed by atoms with van der Waals surface area (Å²) in [6, 6.07) is 12.0. The van der Waals surface area contributed by atoms with Crippen molar-refractivity contribution in [3.05, 3.63) is 42.0 Å². The molecule has 6 nitrogen and oxygen atoms in total. The van der Waals surface area contributed by atoms with Gasteiger partial charge in [-0.2, -0.15) is 0 Å². The summed E-state index contributed by atoms with van der Waals surface area (Å²) in [5, 5.41) is 18.6. The monoisotopic (exact) mass is 254 g/mol. The van der Waals surface area contributed by atoms with Crippen molar-refractivity contribution in [1.29, 1.82) is 0 Å². The number of anilines is 2. The Labute approximate surface area is 110 Å². The minimum atomic E-state index is 0.532. The first kappa shape index (κ1) is 11.6. The average molecular weight is 254 g/mol. The van der Waals surface area contributed by atoms with Crippen LogP contribution in [0.25, 0.3) is 5.65 Å². The molecule has 0 aliphatic heterocycles. The zero-order valence-corrected chi connectivity index (χ0v) is 10.8. The number of benzene rings is 1. The molecular formula is C13H14N6. The smallest absolute Gasteiger partial charge is 0.200 e. The highest BCUT2D eigenvalue weighted by atomic mass is 15.6. The molecule has 1 aromatic carbocycles. The summed E-state index contributed by atoms with van der Waals surface area (Å²) in [7, 11) is 0. The van der Waals surface area contributed by atoms with Crippen LogP contribution in [0, 0.1) is 0 Å². The lowest BCUT2D eigenvalue weighted by Crippen LogP contribution is -2.00. The Hall–Kier alpha value is -2.50. The van der Waals surface area contributed by atoms with Crippen LogP contribution in [-0.2, 0) is 0 Å². The molecule has 0 aliphatic carbocycles. The van der Waals surface area contributed by atoms with Gasteiger partial charge < -0.3 is 5.32 Å². The lowest BCUT2D eigenvalue weighted by Gasteiger charge is -2.08. The van der Waals surface area contributed by atoms with Crippen molar-refractivity contribution in [2.45, 2.75) is 19.8 Å². The Morgan fingerprint density at radius 2 is 1.84 bits per heavy atom. The predicted octanol–water partition coefficient (Wildman–Crippen LogP) is 2.39. The fourth-order valence-electron chi connectivity index (χ4n) is 1.82. The van der Waals surface area contributed by atoms with Crippen LogP contribution in [0.2, 0.25) is 0 Å². The van der Waals surface area contributed by atoms with E-state index in [4.69, 9.17) is 0 Å². The molecule has 0 amide bonds. The highest BCUT2D eigenvalue weighted by Crippen LogP contribution is 2.19. The Bertz CT molecular complexity index is 686. The van der Waals surface area contributed by atoms with E-state index in [1.165, 1.54) is 10.2 Å². The standard InChI is InChI=1S/C13H14N6/c1-9(2)10-3-5-11(6-4-10)14-12-7-8-13-15-17-18-19(13)16-12/h3-9H,1-2H3,(H,14,16). The topological polar surface area (TPSA) is 68.0 Å². The van der Waals surface area contributed by atoms with Crippen molar-refractivity contribution in [3.63, 3.8) is 0 Å². The number of nitrogens with one attached hydrogen (secondary N) is 1. The molecule has 1 N–H and O–H groups in total. The summed E-state index contributed by atoms with van der Waals surface area (Å²) >= 11 is 0. The number of aromatic nitrogens is 5. The molecule has 0 aliphatic rings. The normalized spacial score (nSPS) is 11.1. The van der Waals surface area contributed by atoms with Crippen LogP contribution < -0.4 is 5.32 Å². The number of hydrogen-bond acceptors (Lipinski definition) is 5. The third-order valence-corrected chi connectivity index (χ3v) is 2.92. The molecule has 0 bridgehead atoms. The van der Waals surface area contributed by atoms with Gasteiger partial charge in [0.25, 0.3) is 0 Å². The first-order valence-electron chi connectivity index (χ1n) is 6.15. The molecule has 3 rings (SSSR count). The second kappa shape index (κ2) is 4.64. The van der Waals surface area contributed by atoms with Crippen molar-refractivity contribution in [1.82, 2.24) is 25.3 Å². The summed E-state index contributed by atoms with van der Waals surface area (Å²) in [5.74, 6) is 1.24. The van der Waals surface area contributed by atoms with Gasteiger partial charge >= 0.3 is 0 Å². The van der Waals surface area contributed by atoms with Crippen LogP contribution in [-0.4, -0.2) is 25.3 Å². The summed E-state index contributed by atoms with van der Waals surface area (Å²) in [6.07, 6.45) is 0. The first-order chi connectivity index (χ1) is 9.22. The van der Waals surface area contributed by atoms with Gasteiger partial charge in [0.1, 0.15) is 0 Å². The molecule has 0 atom stereocenters. The van der Waals surface area contributed by atoms with E-state index >= 15 is 0 Å². The summed E-state index contributed by atoms with van der Waals surface area (Å²) in [5.41, 5.74) is 2.93. The second-order valence-corrected chi connectivity index (χ2v) is 4.65. The highest BCUT2D eigenvalue weighted by Gasteiger charge is 2.02. The molecule has 0 spiro atoms. The summed E-state index contributed by atoms with van der Waals surface area (Å²) < 4.78 is 1.39. The van der Waals surface area contributed by atoms with Crippen molar-refractivity contribution in [2.24, 2.45) is 0 Å². The number of rotatable bonds is 3. The fourth-order valence-corrected chi connectivity index (χ4v) is 1.82. The van der Waals surface area contributed by atoms with Crippen molar-refractivity contribution < 1.29 is 0 Å². The second-order valence-electron chi connectivity index (χ2n) is 4.65. The van der Waals surface area contributed by atoms with Gasteiger partial charge in [-0.1, -0.05) is 26.0 Å². The van der Waals surface area contributed by atoms with Gasteiger partial charge in [-0.05, 0) is 46.2 Å². The van der Waals surface area contributed by atoms with Crippen LogP contribution in [0.3, 0.4) is 0 Å². The van der Waals surface area contributed by atoms with E-state index in [0.717, 1.165) is 5.69 Å². The van der Waals surface area contributed by atoms with Gasteiger partial charge in [-0.15, -0.1) is 14.8 Å². The molecule has 2 heterocycles. The van der Waals surface area contributed by atoms with Crippen LogP contribution >= 0.6 is 0 Å². The minimum absolute atomic E-state index is 0.532. The van der Waals surface area contributed by atoms with Gasteiger partial charge in [0, 0.05) is 5.69 Å². The fraction of sp³-hybridized carbons (Fsp3) is 0.231. The molecule has 0 saturated carbocycles. The Balaban J connectivity index is 1.83. The molecule has 6 heteroatoms. The van der Waals surface area contributed by atoms with E-state index in [1.807, 2.05) is 24.3 Å². The van der Waals surface area contributed by atoms with E-state index in [0.29, 0.717) is 17.4 Å².